The number of hydrogen-bond donors (Lipinski definition) is 1. The Hall–Kier alpha value is -3.49. The maximum absolute atomic E-state index is 13.2. The molecule has 0 amide bonds. The van der Waals surface area contributed by atoms with E-state index in [-0.39, 0.29) is 17.3 Å². The summed E-state index contributed by atoms with van der Waals surface area (Å²) in [6, 6.07) is 17.6. The molecule has 176 valence electrons. The summed E-state index contributed by atoms with van der Waals surface area (Å²) >= 11 is 6.14. The number of anilines is 1. The highest BCUT2D eigenvalue weighted by Gasteiger charge is 2.22. The molecule has 0 fully saturated rings. The van der Waals surface area contributed by atoms with Gasteiger partial charge in [-0.25, -0.2) is 13.4 Å². The molecule has 1 aromatic heterocycles. The van der Waals surface area contributed by atoms with Gasteiger partial charge in [0.1, 0.15) is 6.61 Å². The first-order valence-corrected chi connectivity index (χ1v) is 12.2. The molecule has 0 spiro atoms. The fourth-order valence-corrected chi connectivity index (χ4v) is 5.05. The second-order valence-corrected chi connectivity index (χ2v) is 9.53. The summed E-state index contributed by atoms with van der Waals surface area (Å²) in [6.45, 7) is 1.81. The Morgan fingerprint density at radius 2 is 1.74 bits per heavy atom. The fraction of sp³-hybridized carbons (Fsp3) is 0.160. The summed E-state index contributed by atoms with van der Waals surface area (Å²) < 4.78 is 45.7. The number of hydrogen-bond acceptors (Lipinski definition) is 6. The Kier molecular flexibility index (Phi) is 6.81. The van der Waals surface area contributed by atoms with Gasteiger partial charge >= 0.3 is 0 Å². The number of fused-ring (bicyclic) bond motifs is 1. The molecular weight excluding hydrogens is 476 g/mol. The van der Waals surface area contributed by atoms with E-state index in [1.165, 1.54) is 6.07 Å². The van der Waals surface area contributed by atoms with Crippen molar-refractivity contribution in [2.24, 2.45) is 0 Å². The summed E-state index contributed by atoms with van der Waals surface area (Å²) in [4.78, 5) is 4.42. The molecule has 0 atom stereocenters. The number of benzene rings is 3. The van der Waals surface area contributed by atoms with Crippen LogP contribution in [-0.2, 0) is 16.6 Å². The topological polar surface area (TPSA) is 86.8 Å². The Morgan fingerprint density at radius 3 is 2.50 bits per heavy atom. The van der Waals surface area contributed by atoms with Crippen molar-refractivity contribution < 1.29 is 22.6 Å². The van der Waals surface area contributed by atoms with E-state index >= 15 is 0 Å². The third-order valence-electron chi connectivity index (χ3n) is 5.32. The second-order valence-electron chi connectivity index (χ2n) is 7.47. The maximum atomic E-state index is 13.2. The van der Waals surface area contributed by atoms with Gasteiger partial charge in [0.15, 0.2) is 23.1 Å². The first-order valence-electron chi connectivity index (χ1n) is 10.3. The highest BCUT2D eigenvalue weighted by atomic mass is 35.5. The van der Waals surface area contributed by atoms with E-state index < -0.39 is 10.0 Å². The van der Waals surface area contributed by atoms with Gasteiger partial charge < -0.3 is 14.2 Å². The van der Waals surface area contributed by atoms with Gasteiger partial charge in [0.2, 0.25) is 0 Å². The van der Waals surface area contributed by atoms with E-state index in [1.807, 2.05) is 30.3 Å². The van der Waals surface area contributed by atoms with E-state index in [9.17, 15) is 8.42 Å². The van der Waals surface area contributed by atoms with Crippen molar-refractivity contribution in [2.45, 2.75) is 18.4 Å². The van der Waals surface area contributed by atoms with Crippen LogP contribution >= 0.6 is 11.6 Å². The molecule has 0 aliphatic heterocycles. The lowest BCUT2D eigenvalue weighted by Crippen LogP contribution is -2.16. The lowest BCUT2D eigenvalue weighted by atomic mass is 10.1. The molecule has 4 aromatic rings. The molecule has 34 heavy (non-hydrogen) atoms. The summed E-state index contributed by atoms with van der Waals surface area (Å²) in [5.41, 5.74) is 1.26. The van der Waals surface area contributed by atoms with Crippen molar-refractivity contribution in [3.8, 4) is 17.2 Å². The number of pyridine rings is 1. The lowest BCUT2D eigenvalue weighted by molar-refractivity contribution is 0.308. The molecule has 9 heteroatoms. The molecule has 3 aromatic carbocycles. The fourth-order valence-electron chi connectivity index (χ4n) is 3.54. The average Bonchev–Trinajstić information content (AvgIpc) is 2.84. The Balaban J connectivity index is 1.72. The van der Waals surface area contributed by atoms with E-state index in [4.69, 9.17) is 25.8 Å². The van der Waals surface area contributed by atoms with Gasteiger partial charge in [-0.15, -0.1) is 0 Å². The Bertz CT molecular complexity index is 1460. The van der Waals surface area contributed by atoms with Gasteiger partial charge in [-0.2, -0.15) is 0 Å². The van der Waals surface area contributed by atoms with Crippen LogP contribution in [0.3, 0.4) is 0 Å². The van der Waals surface area contributed by atoms with Crippen molar-refractivity contribution in [1.82, 2.24) is 4.98 Å². The van der Waals surface area contributed by atoms with E-state index in [2.05, 4.69) is 9.71 Å². The van der Waals surface area contributed by atoms with Crippen molar-refractivity contribution in [3.05, 3.63) is 83.0 Å². The number of rotatable bonds is 8. The van der Waals surface area contributed by atoms with Gasteiger partial charge in [0, 0.05) is 22.0 Å². The minimum atomic E-state index is -3.97. The minimum Gasteiger partial charge on any atom is -0.493 e. The zero-order valence-electron chi connectivity index (χ0n) is 18.8. The zero-order chi connectivity index (χ0) is 24.3. The van der Waals surface area contributed by atoms with Crippen molar-refractivity contribution in [2.75, 3.05) is 18.9 Å². The molecule has 4 rings (SSSR count). The zero-order valence-corrected chi connectivity index (χ0v) is 20.4. The standard InChI is InChI=1S/C25H23ClN2O5S/c1-16-20(26)9-6-10-23(16)34(29,30)28-25-24(19-8-5-4-7-18(19)14-27-25)33-15-17-11-12-21(31-2)22(13-17)32-3/h4-14H,15H2,1-3H3,(H,27,28). The third kappa shape index (κ3) is 4.73. The van der Waals surface area contributed by atoms with Crippen LogP contribution < -0.4 is 18.9 Å². The highest BCUT2D eigenvalue weighted by molar-refractivity contribution is 7.92. The monoisotopic (exact) mass is 498 g/mol. The smallest absolute Gasteiger partial charge is 0.263 e. The number of nitrogens with one attached hydrogen (secondary N) is 1. The van der Waals surface area contributed by atoms with Crippen LogP contribution in [0.1, 0.15) is 11.1 Å². The molecule has 7 nitrogen and oxygen atoms in total. The van der Waals surface area contributed by atoms with Crippen molar-refractivity contribution in [3.63, 3.8) is 0 Å². The third-order valence-corrected chi connectivity index (χ3v) is 7.22. The lowest BCUT2D eigenvalue weighted by Gasteiger charge is -2.16. The minimum absolute atomic E-state index is 0.0702. The normalized spacial score (nSPS) is 11.3. The van der Waals surface area contributed by atoms with Gasteiger partial charge in [-0.1, -0.05) is 48.0 Å². The number of methoxy groups -OCH3 is 2. The van der Waals surface area contributed by atoms with E-state index in [0.29, 0.717) is 27.8 Å². The molecule has 0 radical (unpaired) electrons. The second kappa shape index (κ2) is 9.79. The molecular formula is C25H23ClN2O5S. The molecule has 1 N–H and O–H groups in total. The van der Waals surface area contributed by atoms with Crippen LogP contribution in [0.15, 0.2) is 71.8 Å². The van der Waals surface area contributed by atoms with Crippen LogP contribution in [0.5, 0.6) is 17.2 Å². The molecule has 0 saturated carbocycles. The number of ether oxygens (including phenoxy) is 3. The SMILES string of the molecule is COc1ccc(COc2c(NS(=O)(=O)c3cccc(Cl)c3C)ncc3ccccc23)cc1OC. The summed E-state index contributed by atoms with van der Waals surface area (Å²) in [5.74, 6) is 1.56. The predicted molar refractivity (Wildman–Crippen MR) is 133 cm³/mol. The molecule has 0 aliphatic carbocycles. The number of halogens is 1. The van der Waals surface area contributed by atoms with Crippen LogP contribution in [-0.4, -0.2) is 27.6 Å². The molecule has 0 bridgehead atoms. The van der Waals surface area contributed by atoms with Gasteiger partial charge in [-0.3, -0.25) is 4.72 Å². The predicted octanol–water partition coefficient (Wildman–Crippen LogP) is 5.59. The molecule has 0 aliphatic rings. The average molecular weight is 499 g/mol. The number of nitrogens with zero attached hydrogens (tertiary/aromatic N) is 1. The number of aromatic nitrogens is 1. The summed E-state index contributed by atoms with van der Waals surface area (Å²) in [6.07, 6.45) is 1.60. The van der Waals surface area contributed by atoms with E-state index in [0.717, 1.165) is 16.3 Å². The molecule has 0 unspecified atom stereocenters. The maximum Gasteiger partial charge on any atom is 0.263 e. The number of sulfonamides is 1. The first kappa shape index (κ1) is 23.7. The Labute approximate surface area is 203 Å². The van der Waals surface area contributed by atoms with Crippen LogP contribution in [0, 0.1) is 6.92 Å². The molecule has 0 saturated heterocycles. The van der Waals surface area contributed by atoms with Gasteiger partial charge in [0.25, 0.3) is 10.0 Å². The molecule has 1 heterocycles. The quantitative estimate of drug-likeness (QED) is 0.340. The van der Waals surface area contributed by atoms with Crippen molar-refractivity contribution >= 4 is 38.2 Å². The highest BCUT2D eigenvalue weighted by Crippen LogP contribution is 2.35. The summed E-state index contributed by atoms with van der Waals surface area (Å²) in [7, 11) is -0.851. The van der Waals surface area contributed by atoms with Crippen molar-refractivity contribution in [1.29, 1.82) is 0 Å². The Morgan fingerprint density at radius 1 is 0.971 bits per heavy atom. The van der Waals surface area contributed by atoms with Crippen LogP contribution in [0.25, 0.3) is 10.8 Å². The van der Waals surface area contributed by atoms with Gasteiger partial charge in [0.05, 0.1) is 19.1 Å². The van der Waals surface area contributed by atoms with Gasteiger partial charge in [-0.05, 0) is 42.3 Å². The summed E-state index contributed by atoms with van der Waals surface area (Å²) in [5, 5.41) is 1.89. The largest absolute Gasteiger partial charge is 0.493 e. The van der Waals surface area contributed by atoms with Crippen LogP contribution in [0.2, 0.25) is 5.02 Å². The van der Waals surface area contributed by atoms with E-state index in [1.54, 1.807) is 51.6 Å². The first-order chi connectivity index (χ1) is 16.3. The van der Waals surface area contributed by atoms with Crippen LogP contribution in [0.4, 0.5) is 5.82 Å².